The highest BCUT2D eigenvalue weighted by Crippen LogP contribution is 2.30. The number of H-pyrrole nitrogens is 1. The maximum absolute atomic E-state index is 12.0. The number of aromatic nitrogens is 1. The first-order valence-electron chi connectivity index (χ1n) is 8.40. The Balaban J connectivity index is 1.84. The fourth-order valence-electron chi connectivity index (χ4n) is 3.33. The number of benzene rings is 3. The molecule has 4 aromatic rings. The van der Waals surface area contributed by atoms with Gasteiger partial charge in [-0.2, -0.15) is 5.26 Å². The van der Waals surface area contributed by atoms with E-state index >= 15 is 0 Å². The van der Waals surface area contributed by atoms with Crippen LogP contribution < -0.4 is 5.56 Å². The highest BCUT2D eigenvalue weighted by atomic mass is 16.1. The molecule has 0 saturated heterocycles. The number of rotatable bonds is 2. The Morgan fingerprint density at radius 1 is 0.846 bits per heavy atom. The lowest BCUT2D eigenvalue weighted by Gasteiger charge is -2.09. The van der Waals surface area contributed by atoms with E-state index in [2.05, 4.69) is 35.3 Å². The molecule has 0 aliphatic heterocycles. The van der Waals surface area contributed by atoms with E-state index in [-0.39, 0.29) is 11.1 Å². The number of nitrogens with one attached hydrogen (secondary N) is 1. The summed E-state index contributed by atoms with van der Waals surface area (Å²) in [5, 5.41) is 11.7. The molecule has 1 heterocycles. The second-order valence-corrected chi connectivity index (χ2v) is 6.29. The molecule has 0 fully saturated rings. The Bertz CT molecular complexity index is 1210. The Morgan fingerprint density at radius 3 is 2.23 bits per heavy atom. The van der Waals surface area contributed by atoms with Crippen LogP contribution in [0.5, 0.6) is 0 Å². The molecule has 26 heavy (non-hydrogen) atoms. The summed E-state index contributed by atoms with van der Waals surface area (Å²) in [4.78, 5) is 14.7. The van der Waals surface area contributed by atoms with Crippen LogP contribution in [0, 0.1) is 18.3 Å². The molecule has 0 bridgehead atoms. The van der Waals surface area contributed by atoms with Crippen molar-refractivity contribution in [2.24, 2.45) is 0 Å². The van der Waals surface area contributed by atoms with Crippen LogP contribution in [0.15, 0.2) is 77.6 Å². The summed E-state index contributed by atoms with van der Waals surface area (Å²) < 4.78 is 0. The predicted molar refractivity (Wildman–Crippen MR) is 105 cm³/mol. The average molecular weight is 336 g/mol. The van der Waals surface area contributed by atoms with Crippen LogP contribution >= 0.6 is 0 Å². The molecule has 0 atom stereocenters. The zero-order valence-corrected chi connectivity index (χ0v) is 14.3. The van der Waals surface area contributed by atoms with Crippen LogP contribution in [0.25, 0.3) is 33.0 Å². The molecule has 3 aromatic carbocycles. The Labute approximate surface area is 151 Å². The second kappa shape index (κ2) is 6.34. The minimum absolute atomic E-state index is 0.147. The van der Waals surface area contributed by atoms with Crippen LogP contribution in [0.4, 0.5) is 0 Å². The summed E-state index contributed by atoms with van der Waals surface area (Å²) in [5.41, 5.74) is 4.33. The first-order valence-corrected chi connectivity index (χ1v) is 8.40. The maximum Gasteiger partial charge on any atom is 0.266 e. The Morgan fingerprint density at radius 2 is 1.50 bits per heavy atom. The fourth-order valence-corrected chi connectivity index (χ4v) is 3.33. The lowest BCUT2D eigenvalue weighted by molar-refractivity contribution is 1.13. The van der Waals surface area contributed by atoms with Crippen LogP contribution in [-0.2, 0) is 0 Å². The van der Waals surface area contributed by atoms with Crippen molar-refractivity contribution in [1.82, 2.24) is 4.98 Å². The van der Waals surface area contributed by atoms with E-state index in [1.807, 2.05) is 55.5 Å². The monoisotopic (exact) mass is 336 g/mol. The zero-order chi connectivity index (χ0) is 18.1. The van der Waals surface area contributed by atoms with Crippen LogP contribution in [0.1, 0.15) is 11.3 Å². The molecular weight excluding hydrogens is 320 g/mol. The van der Waals surface area contributed by atoms with Gasteiger partial charge in [-0.1, -0.05) is 66.7 Å². The number of pyridine rings is 1. The van der Waals surface area contributed by atoms with Gasteiger partial charge in [0.25, 0.3) is 5.56 Å². The van der Waals surface area contributed by atoms with Crippen LogP contribution in [-0.4, -0.2) is 4.98 Å². The minimum atomic E-state index is -0.347. The molecule has 4 rings (SSSR count). The van der Waals surface area contributed by atoms with Crippen molar-refractivity contribution in [1.29, 1.82) is 5.26 Å². The predicted octanol–water partition coefficient (Wildman–Crippen LogP) is 5.04. The van der Waals surface area contributed by atoms with Gasteiger partial charge in [0.2, 0.25) is 0 Å². The molecule has 124 valence electrons. The number of nitriles is 1. The number of aryl methyl sites for hydroxylation is 1. The van der Waals surface area contributed by atoms with Gasteiger partial charge in [-0.3, -0.25) is 4.79 Å². The Hall–Kier alpha value is -3.64. The van der Waals surface area contributed by atoms with E-state index in [1.54, 1.807) is 0 Å². The molecule has 0 radical (unpaired) electrons. The van der Waals surface area contributed by atoms with E-state index in [0.29, 0.717) is 5.56 Å². The summed E-state index contributed by atoms with van der Waals surface area (Å²) in [6.07, 6.45) is 0. The second-order valence-electron chi connectivity index (χ2n) is 6.29. The summed E-state index contributed by atoms with van der Waals surface area (Å²) in [5.74, 6) is 0. The van der Waals surface area contributed by atoms with E-state index in [1.165, 1.54) is 10.8 Å². The third-order valence-electron chi connectivity index (χ3n) is 4.58. The van der Waals surface area contributed by atoms with Gasteiger partial charge in [0.05, 0.1) is 0 Å². The van der Waals surface area contributed by atoms with Gasteiger partial charge in [-0.15, -0.1) is 0 Å². The van der Waals surface area contributed by atoms with Gasteiger partial charge >= 0.3 is 0 Å². The molecular formula is C23H16N2O. The molecule has 3 nitrogen and oxygen atoms in total. The average Bonchev–Trinajstić information content (AvgIpc) is 2.67. The van der Waals surface area contributed by atoms with Crippen molar-refractivity contribution in [2.45, 2.75) is 6.92 Å². The molecule has 1 N–H and O–H groups in total. The summed E-state index contributed by atoms with van der Waals surface area (Å²) in [6.45, 7) is 1.82. The van der Waals surface area contributed by atoms with Crippen LogP contribution in [0.2, 0.25) is 0 Å². The van der Waals surface area contributed by atoms with Gasteiger partial charge in [-0.25, -0.2) is 0 Å². The maximum atomic E-state index is 12.0. The number of nitrogens with zero attached hydrogens (tertiary/aromatic N) is 1. The van der Waals surface area contributed by atoms with Gasteiger partial charge in [0.1, 0.15) is 11.6 Å². The van der Waals surface area contributed by atoms with Crippen molar-refractivity contribution in [3.05, 3.63) is 94.4 Å². The van der Waals surface area contributed by atoms with Gasteiger partial charge in [0, 0.05) is 11.3 Å². The minimum Gasteiger partial charge on any atom is -0.325 e. The smallest absolute Gasteiger partial charge is 0.266 e. The van der Waals surface area contributed by atoms with E-state index in [9.17, 15) is 10.1 Å². The fraction of sp³-hybridized carbons (Fsp3) is 0.0435. The number of hydrogen-bond acceptors (Lipinski definition) is 2. The largest absolute Gasteiger partial charge is 0.325 e. The lowest BCUT2D eigenvalue weighted by Crippen LogP contribution is -2.12. The molecule has 0 spiro atoms. The van der Waals surface area contributed by atoms with Crippen molar-refractivity contribution >= 4 is 10.8 Å². The number of aromatic amines is 1. The standard InChI is InChI=1S/C23H16N2O/c1-15-13-21(22(14-24)23(26)25-15)18-11-9-17(10-12-18)20-8-4-6-16-5-2-3-7-19(16)20/h2-13H,1H3,(H,25,26). The number of fused-ring (bicyclic) bond motifs is 1. The van der Waals surface area contributed by atoms with Gasteiger partial charge in [0.15, 0.2) is 0 Å². The third-order valence-corrected chi connectivity index (χ3v) is 4.58. The van der Waals surface area contributed by atoms with Crippen LogP contribution in [0.3, 0.4) is 0 Å². The Kier molecular flexibility index (Phi) is 3.87. The quantitative estimate of drug-likeness (QED) is 0.557. The molecule has 0 aliphatic rings. The first kappa shape index (κ1) is 15.9. The molecule has 0 amide bonds. The van der Waals surface area contributed by atoms with Gasteiger partial charge < -0.3 is 4.98 Å². The highest BCUT2D eigenvalue weighted by Gasteiger charge is 2.11. The van der Waals surface area contributed by atoms with E-state index in [0.717, 1.165) is 22.4 Å². The molecule has 1 aromatic heterocycles. The summed E-state index contributed by atoms with van der Waals surface area (Å²) >= 11 is 0. The zero-order valence-electron chi connectivity index (χ0n) is 14.3. The van der Waals surface area contributed by atoms with Crippen molar-refractivity contribution in [3.63, 3.8) is 0 Å². The van der Waals surface area contributed by atoms with E-state index < -0.39 is 0 Å². The summed E-state index contributed by atoms with van der Waals surface area (Å²) in [6, 6.07) is 26.4. The van der Waals surface area contributed by atoms with Crippen molar-refractivity contribution < 1.29 is 0 Å². The third kappa shape index (κ3) is 2.68. The molecule has 0 saturated carbocycles. The van der Waals surface area contributed by atoms with Gasteiger partial charge in [-0.05, 0) is 40.5 Å². The molecule has 3 heteroatoms. The lowest BCUT2D eigenvalue weighted by atomic mass is 9.95. The van der Waals surface area contributed by atoms with Crippen molar-refractivity contribution in [2.75, 3.05) is 0 Å². The normalized spacial score (nSPS) is 10.6. The van der Waals surface area contributed by atoms with E-state index in [4.69, 9.17) is 0 Å². The SMILES string of the molecule is Cc1cc(-c2ccc(-c3cccc4ccccc34)cc2)c(C#N)c(=O)[nH]1. The van der Waals surface area contributed by atoms with Crippen molar-refractivity contribution in [3.8, 4) is 28.3 Å². The molecule has 0 unspecified atom stereocenters. The molecule has 0 aliphatic carbocycles. The number of hydrogen-bond donors (Lipinski definition) is 1. The highest BCUT2D eigenvalue weighted by molar-refractivity contribution is 5.96. The topological polar surface area (TPSA) is 56.6 Å². The summed E-state index contributed by atoms with van der Waals surface area (Å²) in [7, 11) is 0. The first-order chi connectivity index (χ1) is 12.7.